The zero-order valence-electron chi connectivity index (χ0n) is 9.82. The van der Waals surface area contributed by atoms with E-state index >= 15 is 0 Å². The Bertz CT molecular complexity index is 336. The van der Waals surface area contributed by atoms with E-state index in [4.69, 9.17) is 10.3 Å². The van der Waals surface area contributed by atoms with Crippen LogP contribution >= 0.6 is 0 Å². The molecule has 0 saturated heterocycles. The molecule has 0 radical (unpaired) electrons. The topological polar surface area (TPSA) is 71.5 Å². The number of hydrazine groups is 1. The number of nitrogens with zero attached hydrogens (tertiary/aromatic N) is 1. The number of nitrogens with one attached hydrogen (secondary N) is 1. The van der Waals surface area contributed by atoms with Crippen molar-refractivity contribution in [2.45, 2.75) is 26.3 Å². The van der Waals surface area contributed by atoms with Crippen LogP contribution in [0.4, 0.5) is 0 Å². The van der Waals surface area contributed by atoms with Crippen molar-refractivity contribution in [2.24, 2.45) is 5.84 Å². The molecule has 1 rings (SSSR count). The largest absolute Gasteiger partial charge is 0.455 e. The molecule has 0 saturated carbocycles. The monoisotopic (exact) mass is 225 g/mol. The number of nitrogen functional groups attached to an aromatic ring is 1. The molecule has 16 heavy (non-hydrogen) atoms. The lowest BCUT2D eigenvalue weighted by Crippen LogP contribution is -2.29. The molecule has 1 aromatic rings. The van der Waals surface area contributed by atoms with E-state index in [0.29, 0.717) is 6.54 Å². The number of hydrogen-bond donors (Lipinski definition) is 2. The molecule has 0 atom stereocenters. The highest BCUT2D eigenvalue weighted by Crippen LogP contribution is 2.10. The Kier molecular flexibility index (Phi) is 5.01. The van der Waals surface area contributed by atoms with Gasteiger partial charge in [0.2, 0.25) is 0 Å². The van der Waals surface area contributed by atoms with Crippen LogP contribution in [0.2, 0.25) is 0 Å². The number of furan rings is 1. The fraction of sp³-hybridized carbons (Fsp3) is 0.545. The SMILES string of the molecule is CCCCN(C)Cc1ccc(C(=O)NN)o1. The van der Waals surface area contributed by atoms with Gasteiger partial charge in [0.05, 0.1) is 6.54 Å². The minimum Gasteiger partial charge on any atom is -0.455 e. The van der Waals surface area contributed by atoms with Gasteiger partial charge in [-0.3, -0.25) is 15.1 Å². The molecule has 0 aliphatic carbocycles. The minimum absolute atomic E-state index is 0.251. The van der Waals surface area contributed by atoms with Crippen LogP contribution in [0.1, 0.15) is 36.1 Å². The van der Waals surface area contributed by atoms with Crippen molar-refractivity contribution in [1.29, 1.82) is 0 Å². The van der Waals surface area contributed by atoms with E-state index in [-0.39, 0.29) is 5.76 Å². The van der Waals surface area contributed by atoms with Crippen molar-refractivity contribution in [3.8, 4) is 0 Å². The highest BCUT2D eigenvalue weighted by molar-refractivity contribution is 5.90. The molecule has 90 valence electrons. The molecule has 1 amide bonds. The molecule has 0 unspecified atom stereocenters. The molecule has 0 aliphatic rings. The summed E-state index contributed by atoms with van der Waals surface area (Å²) in [6.07, 6.45) is 2.33. The second kappa shape index (κ2) is 6.30. The highest BCUT2D eigenvalue weighted by atomic mass is 16.4. The fourth-order valence-corrected chi connectivity index (χ4v) is 1.43. The summed E-state index contributed by atoms with van der Waals surface area (Å²) >= 11 is 0. The van der Waals surface area contributed by atoms with Gasteiger partial charge < -0.3 is 4.42 Å². The minimum atomic E-state index is -0.400. The zero-order chi connectivity index (χ0) is 12.0. The third-order valence-electron chi connectivity index (χ3n) is 2.34. The summed E-state index contributed by atoms with van der Waals surface area (Å²) in [5.74, 6) is 5.64. The average Bonchev–Trinajstić information content (AvgIpc) is 2.73. The summed E-state index contributed by atoms with van der Waals surface area (Å²) in [4.78, 5) is 13.3. The summed E-state index contributed by atoms with van der Waals surface area (Å²) in [5, 5.41) is 0. The van der Waals surface area contributed by atoms with Crippen molar-refractivity contribution < 1.29 is 9.21 Å². The van der Waals surface area contributed by atoms with Gasteiger partial charge in [0.15, 0.2) is 5.76 Å². The Morgan fingerprint density at radius 2 is 2.31 bits per heavy atom. The molecule has 0 fully saturated rings. The maximum Gasteiger partial charge on any atom is 0.300 e. The molecule has 0 spiro atoms. The zero-order valence-corrected chi connectivity index (χ0v) is 9.82. The fourth-order valence-electron chi connectivity index (χ4n) is 1.43. The Labute approximate surface area is 95.6 Å². The van der Waals surface area contributed by atoms with Gasteiger partial charge in [-0.2, -0.15) is 0 Å². The van der Waals surface area contributed by atoms with E-state index in [0.717, 1.165) is 18.7 Å². The maximum absolute atomic E-state index is 11.1. The first-order valence-corrected chi connectivity index (χ1v) is 5.45. The van der Waals surface area contributed by atoms with Crippen molar-refractivity contribution in [1.82, 2.24) is 10.3 Å². The molecular formula is C11H19N3O2. The van der Waals surface area contributed by atoms with Gasteiger partial charge in [-0.1, -0.05) is 13.3 Å². The molecule has 5 heteroatoms. The van der Waals surface area contributed by atoms with Crippen molar-refractivity contribution in [3.63, 3.8) is 0 Å². The van der Waals surface area contributed by atoms with Crippen LogP contribution in [-0.4, -0.2) is 24.4 Å². The number of rotatable bonds is 6. The van der Waals surface area contributed by atoms with Crippen LogP contribution < -0.4 is 11.3 Å². The van der Waals surface area contributed by atoms with Crippen molar-refractivity contribution >= 4 is 5.91 Å². The molecule has 0 bridgehead atoms. The van der Waals surface area contributed by atoms with Crippen molar-refractivity contribution in [2.75, 3.05) is 13.6 Å². The Balaban J connectivity index is 2.48. The second-order valence-electron chi connectivity index (χ2n) is 3.83. The second-order valence-corrected chi connectivity index (χ2v) is 3.83. The average molecular weight is 225 g/mol. The quantitative estimate of drug-likeness (QED) is 0.432. The normalized spacial score (nSPS) is 10.8. The van der Waals surface area contributed by atoms with E-state index in [1.807, 2.05) is 12.5 Å². The lowest BCUT2D eigenvalue weighted by molar-refractivity contribution is 0.0922. The highest BCUT2D eigenvalue weighted by Gasteiger charge is 2.10. The molecule has 1 aromatic heterocycles. The van der Waals surface area contributed by atoms with Crippen LogP contribution in [-0.2, 0) is 6.54 Å². The van der Waals surface area contributed by atoms with Gasteiger partial charge in [-0.05, 0) is 32.1 Å². The van der Waals surface area contributed by atoms with E-state index in [1.165, 1.54) is 6.42 Å². The predicted molar refractivity (Wildman–Crippen MR) is 61.6 cm³/mol. The van der Waals surface area contributed by atoms with Gasteiger partial charge in [0.1, 0.15) is 5.76 Å². The number of carbonyl (C=O) groups excluding carboxylic acids is 1. The first kappa shape index (κ1) is 12.7. The third-order valence-corrected chi connectivity index (χ3v) is 2.34. The molecule has 1 heterocycles. The predicted octanol–water partition coefficient (Wildman–Crippen LogP) is 1.11. The first-order chi connectivity index (χ1) is 7.67. The Hall–Kier alpha value is -1.33. The van der Waals surface area contributed by atoms with Crippen LogP contribution in [0.3, 0.4) is 0 Å². The van der Waals surface area contributed by atoms with E-state index in [2.05, 4.69) is 11.8 Å². The third kappa shape index (κ3) is 3.67. The summed E-state index contributed by atoms with van der Waals surface area (Å²) < 4.78 is 5.35. The number of nitrogens with two attached hydrogens (primary N) is 1. The summed E-state index contributed by atoms with van der Waals surface area (Å²) in [7, 11) is 2.03. The van der Waals surface area contributed by atoms with Crippen LogP contribution in [0.25, 0.3) is 0 Å². The molecular weight excluding hydrogens is 206 g/mol. The van der Waals surface area contributed by atoms with Gasteiger partial charge in [-0.15, -0.1) is 0 Å². The lowest BCUT2D eigenvalue weighted by atomic mass is 10.3. The maximum atomic E-state index is 11.1. The molecule has 3 N–H and O–H groups in total. The summed E-state index contributed by atoms with van der Waals surface area (Å²) in [6, 6.07) is 3.43. The Morgan fingerprint density at radius 1 is 1.56 bits per heavy atom. The number of carbonyl (C=O) groups is 1. The summed E-state index contributed by atoms with van der Waals surface area (Å²) in [5.41, 5.74) is 2.04. The van der Waals surface area contributed by atoms with Gasteiger partial charge in [-0.25, -0.2) is 5.84 Å². The van der Waals surface area contributed by atoms with Crippen LogP contribution in [0.15, 0.2) is 16.5 Å². The van der Waals surface area contributed by atoms with Gasteiger partial charge in [0.25, 0.3) is 0 Å². The molecule has 0 aromatic carbocycles. The standard InChI is InChI=1S/C11H19N3O2/c1-3-4-7-14(2)8-9-5-6-10(16-9)11(15)13-12/h5-6H,3-4,7-8,12H2,1-2H3,(H,13,15). The van der Waals surface area contributed by atoms with E-state index in [9.17, 15) is 4.79 Å². The van der Waals surface area contributed by atoms with E-state index < -0.39 is 5.91 Å². The summed E-state index contributed by atoms with van der Waals surface area (Å²) in [6.45, 7) is 3.89. The molecule has 5 nitrogen and oxygen atoms in total. The van der Waals surface area contributed by atoms with Crippen LogP contribution in [0, 0.1) is 0 Å². The number of amides is 1. The molecule has 0 aliphatic heterocycles. The van der Waals surface area contributed by atoms with Crippen molar-refractivity contribution in [3.05, 3.63) is 23.7 Å². The number of unbranched alkanes of at least 4 members (excludes halogenated alkanes) is 1. The lowest BCUT2D eigenvalue weighted by Gasteiger charge is -2.13. The van der Waals surface area contributed by atoms with Gasteiger partial charge in [0, 0.05) is 0 Å². The first-order valence-electron chi connectivity index (χ1n) is 5.45. The van der Waals surface area contributed by atoms with E-state index in [1.54, 1.807) is 12.1 Å². The number of hydrogen-bond acceptors (Lipinski definition) is 4. The van der Waals surface area contributed by atoms with Gasteiger partial charge >= 0.3 is 5.91 Å². The Morgan fingerprint density at radius 3 is 2.94 bits per heavy atom. The van der Waals surface area contributed by atoms with Crippen LogP contribution in [0.5, 0.6) is 0 Å². The smallest absolute Gasteiger partial charge is 0.300 e.